The molecule has 2 aromatic rings. The first-order chi connectivity index (χ1) is 12.5. The van der Waals surface area contributed by atoms with Gasteiger partial charge in [0.25, 0.3) is 0 Å². The molecule has 2 rings (SSSR count). The summed E-state index contributed by atoms with van der Waals surface area (Å²) in [7, 11) is -3.92. The maximum Gasteiger partial charge on any atom is 0.244 e. The van der Waals surface area contributed by atoms with Gasteiger partial charge in [-0.05, 0) is 44.0 Å². The third kappa shape index (κ3) is 4.82. The van der Waals surface area contributed by atoms with Crippen molar-refractivity contribution < 1.29 is 22.0 Å². The smallest absolute Gasteiger partial charge is 0.244 e. The number of sulfonamides is 1. The Kier molecular flexibility index (Phi) is 6.20. The van der Waals surface area contributed by atoms with Crippen LogP contribution in [0.5, 0.6) is 0 Å². The van der Waals surface area contributed by atoms with Gasteiger partial charge in [0.2, 0.25) is 15.9 Å². The van der Waals surface area contributed by atoms with Gasteiger partial charge in [0.15, 0.2) is 11.6 Å². The molecule has 1 N–H and O–H groups in total. The molecular weight excluding hydrogens is 374 g/mol. The second-order valence-electron chi connectivity index (χ2n) is 6.42. The van der Waals surface area contributed by atoms with Crippen LogP contribution in [0.3, 0.4) is 0 Å². The average Bonchev–Trinajstić information content (AvgIpc) is 2.57. The Bertz CT molecular complexity index is 948. The van der Waals surface area contributed by atoms with Crippen molar-refractivity contribution in [1.82, 2.24) is 5.32 Å². The minimum absolute atomic E-state index is 0.123. The standard InChI is InChI=1S/C19H22F2N2O3S/c1-12-7-5-6-8-16(12)13(2)22-19(24)14(3)23(27(4,25)26)15-9-10-17(20)18(21)11-15/h5-11,13-14H,1-4H3,(H,22,24)/t13-,14+/m1/s1. The Labute approximate surface area is 158 Å². The summed E-state index contributed by atoms with van der Waals surface area (Å²) in [6, 6.07) is 8.69. The van der Waals surface area contributed by atoms with Gasteiger partial charge in [-0.2, -0.15) is 0 Å². The SMILES string of the molecule is Cc1ccccc1[C@@H](C)NC(=O)[C@H](C)N(c1ccc(F)c(F)c1)S(C)(=O)=O. The number of benzene rings is 2. The molecule has 8 heteroatoms. The highest BCUT2D eigenvalue weighted by atomic mass is 32.2. The van der Waals surface area contributed by atoms with Crippen LogP contribution in [0.15, 0.2) is 42.5 Å². The number of carbonyl (C=O) groups is 1. The van der Waals surface area contributed by atoms with Gasteiger partial charge < -0.3 is 5.32 Å². The monoisotopic (exact) mass is 396 g/mol. The lowest BCUT2D eigenvalue weighted by atomic mass is 10.0. The van der Waals surface area contributed by atoms with E-state index in [1.165, 1.54) is 6.92 Å². The lowest BCUT2D eigenvalue weighted by Crippen LogP contribution is -2.48. The van der Waals surface area contributed by atoms with Gasteiger partial charge in [0, 0.05) is 6.07 Å². The largest absolute Gasteiger partial charge is 0.348 e. The topological polar surface area (TPSA) is 66.5 Å². The Hall–Kier alpha value is -2.48. The van der Waals surface area contributed by atoms with Crippen molar-refractivity contribution in [2.75, 3.05) is 10.6 Å². The number of amides is 1. The maximum absolute atomic E-state index is 13.6. The average molecular weight is 396 g/mol. The highest BCUT2D eigenvalue weighted by Crippen LogP contribution is 2.24. The summed E-state index contributed by atoms with van der Waals surface area (Å²) in [5, 5.41) is 2.77. The van der Waals surface area contributed by atoms with Crippen LogP contribution in [-0.2, 0) is 14.8 Å². The van der Waals surface area contributed by atoms with Crippen molar-refractivity contribution in [3.63, 3.8) is 0 Å². The molecule has 0 aliphatic carbocycles. The Balaban J connectivity index is 2.30. The molecule has 5 nitrogen and oxygen atoms in total. The number of hydrogen-bond donors (Lipinski definition) is 1. The number of nitrogens with zero attached hydrogens (tertiary/aromatic N) is 1. The fraction of sp³-hybridized carbons (Fsp3) is 0.316. The van der Waals surface area contributed by atoms with Crippen LogP contribution in [0, 0.1) is 18.6 Å². The van der Waals surface area contributed by atoms with Crippen LogP contribution in [0.4, 0.5) is 14.5 Å². The predicted molar refractivity (Wildman–Crippen MR) is 101 cm³/mol. The first-order valence-corrected chi connectivity index (χ1v) is 10.2. The molecule has 146 valence electrons. The summed E-state index contributed by atoms with van der Waals surface area (Å²) < 4.78 is 52.0. The summed E-state index contributed by atoms with van der Waals surface area (Å²) in [6.07, 6.45) is 0.906. The second kappa shape index (κ2) is 8.04. The predicted octanol–water partition coefficient (Wildman–Crippen LogP) is 3.31. The van der Waals surface area contributed by atoms with E-state index in [9.17, 15) is 22.0 Å². The molecule has 0 radical (unpaired) electrons. The molecule has 0 unspecified atom stereocenters. The first kappa shape index (κ1) is 20.8. The zero-order valence-electron chi connectivity index (χ0n) is 15.5. The van der Waals surface area contributed by atoms with E-state index >= 15 is 0 Å². The van der Waals surface area contributed by atoms with E-state index in [4.69, 9.17) is 0 Å². The third-order valence-electron chi connectivity index (χ3n) is 4.26. The number of nitrogens with one attached hydrogen (secondary N) is 1. The molecule has 0 aromatic heterocycles. The van der Waals surface area contributed by atoms with Gasteiger partial charge in [0.05, 0.1) is 18.0 Å². The number of halogens is 2. The summed E-state index contributed by atoms with van der Waals surface area (Å²) in [6.45, 7) is 5.09. The van der Waals surface area contributed by atoms with E-state index in [0.717, 1.165) is 39.9 Å². The molecule has 2 atom stereocenters. The van der Waals surface area contributed by atoms with Crippen molar-refractivity contribution in [3.05, 3.63) is 65.2 Å². The number of aryl methyl sites for hydroxylation is 1. The van der Waals surface area contributed by atoms with E-state index in [0.29, 0.717) is 0 Å². The van der Waals surface area contributed by atoms with E-state index in [1.54, 1.807) is 6.92 Å². The van der Waals surface area contributed by atoms with Crippen molar-refractivity contribution in [3.8, 4) is 0 Å². The third-order valence-corrected chi connectivity index (χ3v) is 5.50. The highest BCUT2D eigenvalue weighted by Gasteiger charge is 2.30. The summed E-state index contributed by atoms with van der Waals surface area (Å²) in [5.41, 5.74) is 1.76. The Morgan fingerprint density at radius 3 is 2.26 bits per heavy atom. The van der Waals surface area contributed by atoms with E-state index in [2.05, 4.69) is 5.32 Å². The number of carbonyl (C=O) groups excluding carboxylic acids is 1. The number of rotatable bonds is 6. The van der Waals surface area contributed by atoms with Gasteiger partial charge in [-0.25, -0.2) is 17.2 Å². The molecular formula is C19H22F2N2O3S. The lowest BCUT2D eigenvalue weighted by molar-refractivity contribution is -0.122. The molecule has 0 heterocycles. The van der Waals surface area contributed by atoms with Gasteiger partial charge in [-0.15, -0.1) is 0 Å². The fourth-order valence-corrected chi connectivity index (χ4v) is 4.08. The molecule has 0 saturated heterocycles. The fourth-order valence-electron chi connectivity index (χ4n) is 2.92. The minimum atomic E-state index is -3.92. The lowest BCUT2D eigenvalue weighted by Gasteiger charge is -2.29. The van der Waals surface area contributed by atoms with Gasteiger partial charge in [0.1, 0.15) is 6.04 Å². The zero-order chi connectivity index (χ0) is 20.4. The molecule has 0 aliphatic heterocycles. The molecule has 0 aliphatic rings. The maximum atomic E-state index is 13.6. The molecule has 0 saturated carbocycles. The number of anilines is 1. The van der Waals surface area contributed by atoms with Crippen molar-refractivity contribution in [2.24, 2.45) is 0 Å². The zero-order valence-corrected chi connectivity index (χ0v) is 16.3. The van der Waals surface area contributed by atoms with Crippen LogP contribution >= 0.6 is 0 Å². The second-order valence-corrected chi connectivity index (χ2v) is 8.28. The Morgan fingerprint density at radius 1 is 1.07 bits per heavy atom. The molecule has 0 spiro atoms. The van der Waals surface area contributed by atoms with Crippen LogP contribution in [-0.4, -0.2) is 26.6 Å². The minimum Gasteiger partial charge on any atom is -0.348 e. The van der Waals surface area contributed by atoms with Crippen LogP contribution in [0.25, 0.3) is 0 Å². The summed E-state index contributed by atoms with van der Waals surface area (Å²) >= 11 is 0. The van der Waals surface area contributed by atoms with Crippen molar-refractivity contribution >= 4 is 21.6 Å². The van der Waals surface area contributed by atoms with Gasteiger partial charge >= 0.3 is 0 Å². The van der Waals surface area contributed by atoms with Crippen LogP contribution < -0.4 is 9.62 Å². The van der Waals surface area contributed by atoms with Crippen LogP contribution in [0.1, 0.15) is 31.0 Å². The van der Waals surface area contributed by atoms with E-state index in [1.807, 2.05) is 31.2 Å². The van der Waals surface area contributed by atoms with Gasteiger partial charge in [-0.1, -0.05) is 24.3 Å². The van der Waals surface area contributed by atoms with Gasteiger partial charge in [-0.3, -0.25) is 9.10 Å². The van der Waals surface area contributed by atoms with E-state index in [-0.39, 0.29) is 11.7 Å². The first-order valence-electron chi connectivity index (χ1n) is 8.32. The number of hydrogen-bond acceptors (Lipinski definition) is 3. The molecule has 2 aromatic carbocycles. The Morgan fingerprint density at radius 2 is 1.70 bits per heavy atom. The molecule has 27 heavy (non-hydrogen) atoms. The highest BCUT2D eigenvalue weighted by molar-refractivity contribution is 7.92. The quantitative estimate of drug-likeness (QED) is 0.815. The normalized spacial score (nSPS) is 13.7. The van der Waals surface area contributed by atoms with Crippen molar-refractivity contribution in [1.29, 1.82) is 0 Å². The molecule has 0 bridgehead atoms. The molecule has 0 fully saturated rings. The summed E-state index contributed by atoms with van der Waals surface area (Å²) in [4.78, 5) is 12.7. The van der Waals surface area contributed by atoms with E-state index < -0.39 is 33.6 Å². The molecule has 1 amide bonds. The van der Waals surface area contributed by atoms with Crippen LogP contribution in [0.2, 0.25) is 0 Å². The van der Waals surface area contributed by atoms with Crippen molar-refractivity contribution in [2.45, 2.75) is 32.9 Å². The summed E-state index contributed by atoms with van der Waals surface area (Å²) in [5.74, 6) is -2.85.